The molecule has 0 saturated heterocycles. The molecule has 0 radical (unpaired) electrons. The van der Waals surface area contributed by atoms with Gasteiger partial charge >= 0.3 is 0 Å². The molecule has 1 N–H and O–H groups in total. The van der Waals surface area contributed by atoms with Crippen molar-refractivity contribution in [1.82, 2.24) is 10.2 Å². The minimum atomic E-state index is -4.35. The van der Waals surface area contributed by atoms with Crippen LogP contribution in [-0.2, 0) is 32.6 Å². The average molecular weight is 753 g/mol. The summed E-state index contributed by atoms with van der Waals surface area (Å²) in [6.45, 7) is 1.27. The third-order valence-corrected chi connectivity index (χ3v) is 11.6. The van der Waals surface area contributed by atoms with Crippen molar-refractivity contribution in [2.24, 2.45) is 0 Å². The van der Waals surface area contributed by atoms with E-state index >= 15 is 0 Å². The van der Waals surface area contributed by atoms with Crippen LogP contribution in [0, 0.1) is 6.92 Å². The molecule has 0 spiro atoms. The smallest absolute Gasteiger partial charge is 0.264 e. The number of hydrogen-bond donors (Lipinski definition) is 1. The minimum absolute atomic E-state index is 0.0130. The predicted molar refractivity (Wildman–Crippen MR) is 201 cm³/mol. The quantitative estimate of drug-likeness (QED) is 0.142. The number of carbonyl (C=O) groups excluding carboxylic acids is 2. The van der Waals surface area contributed by atoms with Crippen molar-refractivity contribution in [1.29, 1.82) is 0 Å². The van der Waals surface area contributed by atoms with Crippen LogP contribution in [0.1, 0.15) is 48.8 Å². The number of halogens is 2. The van der Waals surface area contributed by atoms with Crippen LogP contribution in [0.5, 0.6) is 11.5 Å². The Morgan fingerprint density at radius 3 is 2.16 bits per heavy atom. The van der Waals surface area contributed by atoms with Gasteiger partial charge in [0.1, 0.15) is 12.6 Å². The van der Waals surface area contributed by atoms with Crippen LogP contribution in [0.2, 0.25) is 10.0 Å². The number of nitrogens with zero attached hydrogens (tertiary/aromatic N) is 2. The van der Waals surface area contributed by atoms with E-state index < -0.39 is 28.5 Å². The SMILES string of the molecule is COc1ccc(S(=O)(=O)N(CC(=O)N(Cc2ccc(Cl)c(Cl)c2)[C@@H](Cc2ccccc2)C(=O)NC2CCCCC2)c2ccc(C)cc2)cc1OC. The zero-order valence-electron chi connectivity index (χ0n) is 29.0. The zero-order valence-corrected chi connectivity index (χ0v) is 31.3. The lowest BCUT2D eigenvalue weighted by atomic mass is 9.94. The summed E-state index contributed by atoms with van der Waals surface area (Å²) >= 11 is 12.6. The second-order valence-electron chi connectivity index (χ2n) is 12.7. The molecule has 0 heterocycles. The summed E-state index contributed by atoms with van der Waals surface area (Å²) in [6.07, 6.45) is 5.06. The number of aryl methyl sites for hydroxylation is 1. The Labute approximate surface area is 310 Å². The number of rotatable bonds is 14. The van der Waals surface area contributed by atoms with Crippen molar-refractivity contribution in [2.45, 2.75) is 69.0 Å². The highest BCUT2D eigenvalue weighted by Gasteiger charge is 2.36. The second-order valence-corrected chi connectivity index (χ2v) is 15.4. The van der Waals surface area contributed by atoms with Crippen LogP contribution in [0.3, 0.4) is 0 Å². The summed E-state index contributed by atoms with van der Waals surface area (Å²) in [5.41, 5.74) is 2.68. The Morgan fingerprint density at radius 1 is 0.824 bits per heavy atom. The van der Waals surface area contributed by atoms with Crippen molar-refractivity contribution >= 4 is 50.7 Å². The molecule has 9 nitrogen and oxygen atoms in total. The van der Waals surface area contributed by atoms with Gasteiger partial charge in [-0.05, 0) is 67.3 Å². The molecule has 51 heavy (non-hydrogen) atoms. The molecular weight excluding hydrogens is 709 g/mol. The highest BCUT2D eigenvalue weighted by molar-refractivity contribution is 7.92. The van der Waals surface area contributed by atoms with Crippen LogP contribution >= 0.6 is 23.2 Å². The van der Waals surface area contributed by atoms with Crippen LogP contribution in [-0.4, -0.2) is 58.0 Å². The highest BCUT2D eigenvalue weighted by Crippen LogP contribution is 2.33. The van der Waals surface area contributed by atoms with E-state index in [0.29, 0.717) is 21.4 Å². The van der Waals surface area contributed by atoms with Crippen LogP contribution < -0.4 is 19.1 Å². The lowest BCUT2D eigenvalue weighted by Crippen LogP contribution is -2.55. The summed E-state index contributed by atoms with van der Waals surface area (Å²) in [5, 5.41) is 3.86. The molecule has 5 rings (SSSR count). The molecule has 1 fully saturated rings. The first-order valence-corrected chi connectivity index (χ1v) is 19.1. The van der Waals surface area contributed by atoms with E-state index in [0.717, 1.165) is 47.5 Å². The highest BCUT2D eigenvalue weighted by atomic mass is 35.5. The number of sulfonamides is 1. The first kappa shape index (κ1) is 38.0. The number of nitrogens with one attached hydrogen (secondary N) is 1. The normalized spacial score (nSPS) is 14.0. The fourth-order valence-corrected chi connectivity index (χ4v) is 8.03. The summed E-state index contributed by atoms with van der Waals surface area (Å²) in [4.78, 5) is 30.5. The van der Waals surface area contributed by atoms with Gasteiger partial charge in [-0.1, -0.05) is 96.6 Å². The van der Waals surface area contributed by atoms with Gasteiger partial charge in [0.15, 0.2) is 11.5 Å². The predicted octanol–water partition coefficient (Wildman–Crippen LogP) is 7.60. The van der Waals surface area contributed by atoms with E-state index in [1.54, 1.807) is 42.5 Å². The number of amides is 2. The Bertz CT molecular complexity index is 1920. The second kappa shape index (κ2) is 17.3. The van der Waals surface area contributed by atoms with Gasteiger partial charge < -0.3 is 19.7 Å². The Balaban J connectivity index is 1.59. The van der Waals surface area contributed by atoms with Crippen molar-refractivity contribution in [3.8, 4) is 11.5 Å². The molecular formula is C39H43Cl2N3O6S. The van der Waals surface area contributed by atoms with Crippen molar-refractivity contribution in [2.75, 3.05) is 25.1 Å². The Kier molecular flexibility index (Phi) is 12.9. The topological polar surface area (TPSA) is 105 Å². The number of anilines is 1. The van der Waals surface area contributed by atoms with E-state index in [1.807, 2.05) is 37.3 Å². The van der Waals surface area contributed by atoms with E-state index in [2.05, 4.69) is 5.32 Å². The van der Waals surface area contributed by atoms with E-state index in [-0.39, 0.29) is 41.2 Å². The first-order chi connectivity index (χ1) is 24.5. The van der Waals surface area contributed by atoms with Crippen molar-refractivity contribution in [3.05, 3.63) is 118 Å². The van der Waals surface area contributed by atoms with E-state index in [9.17, 15) is 18.0 Å². The van der Waals surface area contributed by atoms with Crippen molar-refractivity contribution in [3.63, 3.8) is 0 Å². The van der Waals surface area contributed by atoms with Crippen LogP contribution in [0.25, 0.3) is 0 Å². The summed E-state index contributed by atoms with van der Waals surface area (Å²) < 4.78 is 40.8. The third kappa shape index (κ3) is 9.55. The van der Waals surface area contributed by atoms with Gasteiger partial charge in [0, 0.05) is 25.1 Å². The average Bonchev–Trinajstić information content (AvgIpc) is 3.14. The zero-order chi connectivity index (χ0) is 36.5. The molecule has 2 amide bonds. The number of ether oxygens (including phenoxy) is 2. The van der Waals surface area contributed by atoms with Gasteiger partial charge in [0.2, 0.25) is 11.8 Å². The summed E-state index contributed by atoms with van der Waals surface area (Å²) in [7, 11) is -1.48. The van der Waals surface area contributed by atoms with E-state index in [1.165, 1.54) is 37.3 Å². The molecule has 1 saturated carbocycles. The Morgan fingerprint density at radius 2 is 1.51 bits per heavy atom. The Hall–Kier alpha value is -4.25. The van der Waals surface area contributed by atoms with Gasteiger partial charge in [0.25, 0.3) is 10.0 Å². The van der Waals surface area contributed by atoms with Gasteiger partial charge in [-0.3, -0.25) is 13.9 Å². The standard InChI is InChI=1S/C39H43Cl2N3O6S/c1-27-14-17-31(18-15-27)44(51(47,48)32-19-21-36(49-2)37(24-32)50-3)26-38(45)43(25-29-16-20-33(40)34(41)22-29)35(23-28-10-6-4-7-11-28)39(46)42-30-12-8-5-9-13-30/h4,6-7,10-11,14-22,24,30,35H,5,8-9,12-13,23,25-26H2,1-3H3,(H,42,46)/t35-/m0/s1. The summed E-state index contributed by atoms with van der Waals surface area (Å²) in [5.74, 6) is -0.304. The molecule has 0 bridgehead atoms. The van der Waals surface area contributed by atoms with Gasteiger partial charge in [-0.25, -0.2) is 8.42 Å². The molecule has 0 aliphatic heterocycles. The van der Waals surface area contributed by atoms with Crippen LogP contribution in [0.4, 0.5) is 5.69 Å². The fourth-order valence-electron chi connectivity index (χ4n) is 6.28. The monoisotopic (exact) mass is 751 g/mol. The molecule has 0 unspecified atom stereocenters. The molecule has 1 atom stereocenters. The maximum Gasteiger partial charge on any atom is 0.264 e. The molecule has 0 aromatic heterocycles. The molecule has 4 aromatic carbocycles. The third-order valence-electron chi connectivity index (χ3n) is 9.10. The van der Waals surface area contributed by atoms with Crippen LogP contribution in [0.15, 0.2) is 95.9 Å². The number of methoxy groups -OCH3 is 2. The molecule has 12 heteroatoms. The summed E-state index contributed by atoms with van der Waals surface area (Å²) in [6, 6.07) is 24.6. The maximum atomic E-state index is 14.8. The lowest BCUT2D eigenvalue weighted by Gasteiger charge is -2.35. The fraction of sp³-hybridized carbons (Fsp3) is 0.333. The molecule has 4 aromatic rings. The first-order valence-electron chi connectivity index (χ1n) is 16.9. The van der Waals surface area contributed by atoms with E-state index in [4.69, 9.17) is 32.7 Å². The number of hydrogen-bond acceptors (Lipinski definition) is 6. The maximum absolute atomic E-state index is 14.8. The number of benzene rings is 4. The lowest BCUT2D eigenvalue weighted by molar-refractivity contribution is -0.140. The van der Waals surface area contributed by atoms with Crippen molar-refractivity contribution < 1.29 is 27.5 Å². The molecule has 270 valence electrons. The molecule has 1 aliphatic carbocycles. The van der Waals surface area contributed by atoms with Gasteiger partial charge in [-0.15, -0.1) is 0 Å². The largest absolute Gasteiger partial charge is 0.493 e. The minimum Gasteiger partial charge on any atom is -0.493 e. The number of carbonyl (C=O) groups is 2. The van der Waals surface area contributed by atoms with Gasteiger partial charge in [-0.2, -0.15) is 0 Å². The molecule has 1 aliphatic rings. The van der Waals surface area contributed by atoms with Gasteiger partial charge in [0.05, 0.1) is 34.8 Å².